The zero-order chi connectivity index (χ0) is 12.4. The molecule has 2 atom stereocenters. The minimum atomic E-state index is 0.469. The molecule has 0 amide bonds. The number of ether oxygens (including phenoxy) is 2. The maximum absolute atomic E-state index is 5.97. The molecule has 2 heterocycles. The van der Waals surface area contributed by atoms with E-state index >= 15 is 0 Å². The molecule has 3 aliphatic rings. The van der Waals surface area contributed by atoms with Crippen LogP contribution in [0.4, 0.5) is 0 Å². The van der Waals surface area contributed by atoms with Crippen LogP contribution < -0.4 is 0 Å². The van der Waals surface area contributed by atoms with Crippen molar-refractivity contribution >= 4 is 0 Å². The first-order valence-electron chi connectivity index (χ1n) is 7.71. The van der Waals surface area contributed by atoms with E-state index < -0.39 is 0 Å². The Labute approximate surface area is 111 Å². The van der Waals surface area contributed by atoms with Crippen molar-refractivity contribution in [2.75, 3.05) is 32.8 Å². The molecule has 0 radical (unpaired) electrons. The maximum Gasteiger partial charge on any atom is 0.0706 e. The fourth-order valence-electron chi connectivity index (χ4n) is 3.97. The molecule has 0 unspecified atom stereocenters. The van der Waals surface area contributed by atoms with E-state index in [9.17, 15) is 0 Å². The van der Waals surface area contributed by atoms with E-state index in [0.29, 0.717) is 17.6 Å². The minimum absolute atomic E-state index is 0.469. The Hall–Kier alpha value is -0.120. The van der Waals surface area contributed by atoms with Gasteiger partial charge in [0.15, 0.2) is 0 Å². The predicted octanol–water partition coefficient (Wildman–Crippen LogP) is 2.45. The summed E-state index contributed by atoms with van der Waals surface area (Å²) in [5.74, 6) is 0. The van der Waals surface area contributed by atoms with Gasteiger partial charge in [0.05, 0.1) is 25.4 Å². The molecule has 3 nitrogen and oxygen atoms in total. The fraction of sp³-hybridized carbons (Fsp3) is 1.00. The molecular weight excluding hydrogens is 226 g/mol. The topological polar surface area (TPSA) is 21.7 Å². The van der Waals surface area contributed by atoms with Gasteiger partial charge in [0, 0.05) is 25.0 Å². The SMILES string of the molecule is C[C@@H]1CC[C@@H](CN2CCOCC3(CCCC3)C2)O1. The second-order valence-electron chi connectivity index (χ2n) is 6.64. The summed E-state index contributed by atoms with van der Waals surface area (Å²) in [7, 11) is 0. The third kappa shape index (κ3) is 2.89. The van der Waals surface area contributed by atoms with Crippen LogP contribution in [0.1, 0.15) is 45.4 Å². The molecule has 104 valence electrons. The molecule has 0 N–H and O–H groups in total. The normalized spacial score (nSPS) is 37.2. The summed E-state index contributed by atoms with van der Waals surface area (Å²) in [6.45, 7) is 7.55. The Balaban J connectivity index is 1.57. The highest BCUT2D eigenvalue weighted by Gasteiger charge is 2.38. The summed E-state index contributed by atoms with van der Waals surface area (Å²) in [6, 6.07) is 0. The van der Waals surface area contributed by atoms with Crippen molar-refractivity contribution in [3.8, 4) is 0 Å². The van der Waals surface area contributed by atoms with Crippen LogP contribution in [0.3, 0.4) is 0 Å². The number of nitrogens with zero attached hydrogens (tertiary/aromatic N) is 1. The van der Waals surface area contributed by atoms with E-state index in [-0.39, 0.29) is 0 Å². The lowest BCUT2D eigenvalue weighted by atomic mass is 9.86. The molecule has 2 aliphatic heterocycles. The van der Waals surface area contributed by atoms with Crippen molar-refractivity contribution < 1.29 is 9.47 Å². The van der Waals surface area contributed by atoms with Crippen LogP contribution in [-0.2, 0) is 9.47 Å². The van der Waals surface area contributed by atoms with Crippen molar-refractivity contribution in [2.24, 2.45) is 5.41 Å². The monoisotopic (exact) mass is 253 g/mol. The molecule has 3 fully saturated rings. The van der Waals surface area contributed by atoms with Crippen LogP contribution in [-0.4, -0.2) is 50.0 Å². The smallest absolute Gasteiger partial charge is 0.0706 e. The Morgan fingerprint density at radius 2 is 2.06 bits per heavy atom. The first-order valence-corrected chi connectivity index (χ1v) is 7.71. The van der Waals surface area contributed by atoms with Crippen molar-refractivity contribution in [1.29, 1.82) is 0 Å². The standard InChI is InChI=1S/C15H27NO2/c1-13-4-5-14(18-13)10-16-8-9-17-12-15(11-16)6-2-3-7-15/h13-14H,2-12H2,1H3/t13-,14+/m1/s1. The second-order valence-corrected chi connectivity index (χ2v) is 6.64. The highest BCUT2D eigenvalue weighted by molar-refractivity contribution is 4.90. The van der Waals surface area contributed by atoms with Crippen LogP contribution >= 0.6 is 0 Å². The van der Waals surface area contributed by atoms with Gasteiger partial charge in [0.2, 0.25) is 0 Å². The zero-order valence-corrected chi connectivity index (χ0v) is 11.7. The Morgan fingerprint density at radius 3 is 2.78 bits per heavy atom. The Kier molecular flexibility index (Phi) is 3.92. The van der Waals surface area contributed by atoms with E-state index in [4.69, 9.17) is 9.47 Å². The van der Waals surface area contributed by atoms with Crippen LogP contribution in [0.15, 0.2) is 0 Å². The molecule has 1 aliphatic carbocycles. The van der Waals surface area contributed by atoms with Gasteiger partial charge < -0.3 is 9.47 Å². The van der Waals surface area contributed by atoms with E-state index in [1.165, 1.54) is 45.1 Å². The lowest BCUT2D eigenvalue weighted by Crippen LogP contribution is -2.40. The van der Waals surface area contributed by atoms with Crippen LogP contribution in [0, 0.1) is 5.41 Å². The molecule has 2 saturated heterocycles. The van der Waals surface area contributed by atoms with Gasteiger partial charge >= 0.3 is 0 Å². The average molecular weight is 253 g/mol. The van der Waals surface area contributed by atoms with Crippen molar-refractivity contribution in [1.82, 2.24) is 4.90 Å². The highest BCUT2D eigenvalue weighted by atomic mass is 16.5. The van der Waals surface area contributed by atoms with Gasteiger partial charge in [-0.3, -0.25) is 4.90 Å². The molecule has 0 bridgehead atoms. The van der Waals surface area contributed by atoms with Gasteiger partial charge in [-0.1, -0.05) is 12.8 Å². The molecule has 1 spiro atoms. The molecular formula is C15H27NO2. The van der Waals surface area contributed by atoms with Gasteiger partial charge in [-0.05, 0) is 32.6 Å². The molecule has 0 aromatic carbocycles. The van der Waals surface area contributed by atoms with E-state index in [2.05, 4.69) is 11.8 Å². The fourth-order valence-corrected chi connectivity index (χ4v) is 3.97. The zero-order valence-electron chi connectivity index (χ0n) is 11.7. The third-order valence-electron chi connectivity index (χ3n) is 4.97. The first kappa shape index (κ1) is 12.9. The molecule has 0 aromatic heterocycles. The van der Waals surface area contributed by atoms with E-state index in [1.807, 2.05) is 0 Å². The average Bonchev–Trinajstić information content (AvgIpc) is 2.89. The molecule has 3 rings (SSSR count). The summed E-state index contributed by atoms with van der Waals surface area (Å²) in [5.41, 5.74) is 0.473. The summed E-state index contributed by atoms with van der Waals surface area (Å²) < 4.78 is 11.8. The molecule has 3 heteroatoms. The van der Waals surface area contributed by atoms with Crippen LogP contribution in [0.2, 0.25) is 0 Å². The van der Waals surface area contributed by atoms with Crippen molar-refractivity contribution in [3.63, 3.8) is 0 Å². The Morgan fingerprint density at radius 1 is 1.22 bits per heavy atom. The lowest BCUT2D eigenvalue weighted by molar-refractivity contribution is 0.0249. The number of hydrogen-bond donors (Lipinski definition) is 0. The van der Waals surface area contributed by atoms with Crippen LogP contribution in [0.5, 0.6) is 0 Å². The largest absolute Gasteiger partial charge is 0.379 e. The quantitative estimate of drug-likeness (QED) is 0.754. The molecule has 0 aromatic rings. The van der Waals surface area contributed by atoms with Crippen LogP contribution in [0.25, 0.3) is 0 Å². The Bertz CT molecular complexity index is 276. The first-order chi connectivity index (χ1) is 8.76. The van der Waals surface area contributed by atoms with Gasteiger partial charge in [-0.2, -0.15) is 0 Å². The molecule has 1 saturated carbocycles. The summed E-state index contributed by atoms with van der Waals surface area (Å²) in [5, 5.41) is 0. The molecule has 18 heavy (non-hydrogen) atoms. The maximum atomic E-state index is 5.97. The van der Waals surface area contributed by atoms with Gasteiger partial charge in [-0.15, -0.1) is 0 Å². The predicted molar refractivity (Wildman–Crippen MR) is 71.7 cm³/mol. The van der Waals surface area contributed by atoms with Gasteiger partial charge in [0.25, 0.3) is 0 Å². The van der Waals surface area contributed by atoms with Gasteiger partial charge in [0.1, 0.15) is 0 Å². The van der Waals surface area contributed by atoms with Crippen molar-refractivity contribution in [2.45, 2.75) is 57.7 Å². The highest BCUT2D eigenvalue weighted by Crippen LogP contribution is 2.40. The van der Waals surface area contributed by atoms with E-state index in [1.54, 1.807) is 0 Å². The van der Waals surface area contributed by atoms with Gasteiger partial charge in [-0.25, -0.2) is 0 Å². The number of hydrogen-bond acceptors (Lipinski definition) is 3. The second kappa shape index (κ2) is 5.48. The lowest BCUT2D eigenvalue weighted by Gasteiger charge is -2.32. The summed E-state index contributed by atoms with van der Waals surface area (Å²) in [6.07, 6.45) is 8.94. The summed E-state index contributed by atoms with van der Waals surface area (Å²) >= 11 is 0. The van der Waals surface area contributed by atoms with Crippen molar-refractivity contribution in [3.05, 3.63) is 0 Å². The number of rotatable bonds is 2. The van der Waals surface area contributed by atoms with E-state index in [0.717, 1.165) is 26.3 Å². The summed E-state index contributed by atoms with van der Waals surface area (Å²) in [4.78, 5) is 2.61. The minimum Gasteiger partial charge on any atom is -0.379 e. The third-order valence-corrected chi connectivity index (χ3v) is 4.97.